The molecule has 2 aromatic carbocycles. The van der Waals surface area contributed by atoms with Gasteiger partial charge in [0.2, 0.25) is 0 Å². The summed E-state index contributed by atoms with van der Waals surface area (Å²) in [6, 6.07) is 12.1. The van der Waals surface area contributed by atoms with Crippen LogP contribution < -0.4 is 20.1 Å². The Kier molecular flexibility index (Phi) is 7.23. The maximum Gasteiger partial charge on any atom is 0.411 e. The summed E-state index contributed by atoms with van der Waals surface area (Å²) in [5, 5.41) is 7.33. The van der Waals surface area contributed by atoms with E-state index in [9.17, 15) is 9.59 Å². The molecule has 156 valence electrons. The Balaban J connectivity index is 1.57. The Bertz CT molecular complexity index is 990. The van der Waals surface area contributed by atoms with Gasteiger partial charge in [0, 0.05) is 23.2 Å². The van der Waals surface area contributed by atoms with Gasteiger partial charge in [0.1, 0.15) is 6.61 Å². The molecule has 30 heavy (non-hydrogen) atoms. The molecule has 1 heterocycles. The van der Waals surface area contributed by atoms with E-state index in [-0.39, 0.29) is 5.91 Å². The number of nitrogens with zero attached hydrogens (tertiary/aromatic N) is 1. The van der Waals surface area contributed by atoms with Gasteiger partial charge in [0.25, 0.3) is 5.91 Å². The van der Waals surface area contributed by atoms with Gasteiger partial charge in [0.05, 0.1) is 25.4 Å². The van der Waals surface area contributed by atoms with Crippen molar-refractivity contribution in [2.45, 2.75) is 13.2 Å². The van der Waals surface area contributed by atoms with Crippen LogP contribution in [0.15, 0.2) is 53.4 Å². The molecule has 3 aromatic rings. The fourth-order valence-electron chi connectivity index (χ4n) is 2.55. The largest absolute Gasteiger partial charge is 0.493 e. The van der Waals surface area contributed by atoms with Crippen molar-refractivity contribution < 1.29 is 23.8 Å². The number of aromatic nitrogens is 1. The zero-order valence-electron chi connectivity index (χ0n) is 16.5. The van der Waals surface area contributed by atoms with Crippen LogP contribution in [0.3, 0.4) is 0 Å². The molecule has 0 aliphatic heterocycles. The highest BCUT2D eigenvalue weighted by Gasteiger charge is 2.12. The number of hydrogen-bond donors (Lipinski definition) is 2. The number of ether oxygens (including phenoxy) is 3. The zero-order valence-corrected chi connectivity index (χ0v) is 17.3. The third kappa shape index (κ3) is 5.71. The number of benzene rings is 2. The molecule has 0 atom stereocenters. The first-order valence-corrected chi connectivity index (χ1v) is 9.93. The highest BCUT2D eigenvalue weighted by molar-refractivity contribution is 7.07. The summed E-state index contributed by atoms with van der Waals surface area (Å²) in [6.07, 6.45) is -0.538. The monoisotopic (exact) mass is 427 g/mol. The third-order valence-corrected chi connectivity index (χ3v) is 4.76. The smallest absolute Gasteiger partial charge is 0.411 e. The van der Waals surface area contributed by atoms with Crippen LogP contribution in [0.4, 0.5) is 10.5 Å². The second-order valence-corrected chi connectivity index (χ2v) is 6.85. The number of nitrogens with one attached hydrogen (secondary N) is 2. The molecule has 0 bridgehead atoms. The van der Waals surface area contributed by atoms with Gasteiger partial charge in [-0.05, 0) is 35.9 Å². The zero-order chi connectivity index (χ0) is 21.3. The second kappa shape index (κ2) is 10.3. The predicted molar refractivity (Wildman–Crippen MR) is 113 cm³/mol. The molecule has 2 N–H and O–H groups in total. The minimum Gasteiger partial charge on any atom is -0.493 e. The molecular weight excluding hydrogens is 406 g/mol. The van der Waals surface area contributed by atoms with Crippen molar-refractivity contribution in [1.29, 1.82) is 0 Å². The Morgan fingerprint density at radius 1 is 1.07 bits per heavy atom. The van der Waals surface area contributed by atoms with E-state index in [4.69, 9.17) is 9.47 Å². The van der Waals surface area contributed by atoms with Crippen molar-refractivity contribution in [1.82, 2.24) is 10.3 Å². The predicted octanol–water partition coefficient (Wildman–Crippen LogP) is 3.84. The van der Waals surface area contributed by atoms with Crippen LogP contribution in [-0.2, 0) is 17.9 Å². The van der Waals surface area contributed by atoms with E-state index < -0.39 is 6.09 Å². The average molecular weight is 427 g/mol. The van der Waals surface area contributed by atoms with E-state index in [2.05, 4.69) is 20.4 Å². The molecule has 0 radical (unpaired) electrons. The quantitative estimate of drug-likeness (QED) is 0.567. The molecule has 2 amide bonds. The summed E-state index contributed by atoms with van der Waals surface area (Å²) < 4.78 is 15.6. The molecule has 0 aliphatic rings. The highest BCUT2D eigenvalue weighted by atomic mass is 32.1. The fraction of sp³-hybridized carbons (Fsp3) is 0.190. The first-order chi connectivity index (χ1) is 14.6. The Morgan fingerprint density at radius 3 is 2.53 bits per heavy atom. The molecule has 0 spiro atoms. The van der Waals surface area contributed by atoms with Crippen LogP contribution >= 0.6 is 11.3 Å². The third-order valence-electron chi connectivity index (χ3n) is 4.12. The SMILES string of the molecule is COC(=O)Nc1ccc(CNC(=O)c2ccc(OCc3cscn3)c(OC)c2)cc1. The first kappa shape index (κ1) is 21.1. The molecule has 0 fully saturated rings. The Morgan fingerprint density at radius 2 is 1.87 bits per heavy atom. The van der Waals surface area contributed by atoms with E-state index in [1.54, 1.807) is 35.8 Å². The molecule has 0 unspecified atom stereocenters. The first-order valence-electron chi connectivity index (χ1n) is 8.99. The Hall–Kier alpha value is -3.59. The van der Waals surface area contributed by atoms with Crippen LogP contribution in [0.2, 0.25) is 0 Å². The standard InChI is InChI=1S/C21H21N3O5S/c1-27-19-9-15(5-8-18(19)29-11-17-12-30-13-23-17)20(25)22-10-14-3-6-16(7-4-14)24-21(26)28-2/h3-9,12-13H,10-11H2,1-2H3,(H,22,25)(H,24,26). The van der Waals surface area contributed by atoms with Crippen molar-refractivity contribution >= 4 is 29.0 Å². The van der Waals surface area contributed by atoms with Crippen LogP contribution in [-0.4, -0.2) is 31.2 Å². The maximum absolute atomic E-state index is 12.5. The lowest BCUT2D eigenvalue weighted by molar-refractivity contribution is 0.0950. The van der Waals surface area contributed by atoms with Crippen LogP contribution in [0, 0.1) is 0 Å². The number of anilines is 1. The van der Waals surface area contributed by atoms with E-state index >= 15 is 0 Å². The van der Waals surface area contributed by atoms with Crippen LogP contribution in [0.25, 0.3) is 0 Å². The van der Waals surface area contributed by atoms with Gasteiger partial charge in [-0.3, -0.25) is 10.1 Å². The summed E-state index contributed by atoms with van der Waals surface area (Å²) in [5.41, 5.74) is 4.52. The van der Waals surface area contributed by atoms with Crippen LogP contribution in [0.1, 0.15) is 21.6 Å². The highest BCUT2D eigenvalue weighted by Crippen LogP contribution is 2.29. The van der Waals surface area contributed by atoms with Crippen molar-refractivity contribution in [2.24, 2.45) is 0 Å². The maximum atomic E-state index is 12.5. The number of carbonyl (C=O) groups excluding carboxylic acids is 2. The lowest BCUT2D eigenvalue weighted by atomic mass is 10.1. The normalized spacial score (nSPS) is 10.2. The van der Waals surface area contributed by atoms with E-state index in [0.717, 1.165) is 11.3 Å². The number of rotatable bonds is 8. The number of hydrogen-bond acceptors (Lipinski definition) is 7. The summed E-state index contributed by atoms with van der Waals surface area (Å²) in [6.45, 7) is 0.661. The van der Waals surface area contributed by atoms with Gasteiger partial charge >= 0.3 is 6.09 Å². The van der Waals surface area contributed by atoms with E-state index in [0.29, 0.717) is 35.9 Å². The van der Waals surface area contributed by atoms with Crippen molar-refractivity contribution in [2.75, 3.05) is 19.5 Å². The Labute approximate surface area is 177 Å². The second-order valence-electron chi connectivity index (χ2n) is 6.13. The minimum atomic E-state index is -0.538. The summed E-state index contributed by atoms with van der Waals surface area (Å²) in [7, 11) is 2.82. The molecule has 1 aromatic heterocycles. The van der Waals surface area contributed by atoms with Crippen molar-refractivity contribution in [3.05, 3.63) is 70.2 Å². The number of methoxy groups -OCH3 is 2. The van der Waals surface area contributed by atoms with Crippen molar-refractivity contribution in [3.8, 4) is 11.5 Å². The average Bonchev–Trinajstić information content (AvgIpc) is 3.30. The fourth-order valence-corrected chi connectivity index (χ4v) is 3.09. The molecule has 0 aliphatic carbocycles. The van der Waals surface area contributed by atoms with Gasteiger partial charge in [-0.15, -0.1) is 11.3 Å². The van der Waals surface area contributed by atoms with Gasteiger partial charge < -0.3 is 19.5 Å². The van der Waals surface area contributed by atoms with Gasteiger partial charge in [-0.2, -0.15) is 0 Å². The van der Waals surface area contributed by atoms with Crippen LogP contribution in [0.5, 0.6) is 11.5 Å². The van der Waals surface area contributed by atoms with E-state index in [1.807, 2.05) is 17.5 Å². The van der Waals surface area contributed by atoms with E-state index in [1.165, 1.54) is 25.6 Å². The number of amides is 2. The van der Waals surface area contributed by atoms with Gasteiger partial charge in [0.15, 0.2) is 11.5 Å². The lowest BCUT2D eigenvalue weighted by Gasteiger charge is -2.12. The van der Waals surface area contributed by atoms with Gasteiger partial charge in [-0.1, -0.05) is 12.1 Å². The molecular formula is C21H21N3O5S. The summed E-state index contributed by atoms with van der Waals surface area (Å²) in [5.74, 6) is 0.767. The molecule has 0 saturated heterocycles. The number of thiazole rings is 1. The molecule has 3 rings (SSSR count). The molecule has 9 heteroatoms. The topological polar surface area (TPSA) is 98.8 Å². The van der Waals surface area contributed by atoms with Crippen molar-refractivity contribution in [3.63, 3.8) is 0 Å². The molecule has 8 nitrogen and oxygen atoms in total. The molecule has 0 saturated carbocycles. The van der Waals surface area contributed by atoms with Gasteiger partial charge in [-0.25, -0.2) is 9.78 Å². The summed E-state index contributed by atoms with van der Waals surface area (Å²) >= 11 is 1.50. The lowest BCUT2D eigenvalue weighted by Crippen LogP contribution is -2.22. The minimum absolute atomic E-state index is 0.240. The number of carbonyl (C=O) groups is 2. The summed E-state index contributed by atoms with van der Waals surface area (Å²) in [4.78, 5) is 27.9.